The van der Waals surface area contributed by atoms with Gasteiger partial charge < -0.3 is 14.8 Å². The molecule has 1 N–H and O–H groups in total. The maximum atomic E-state index is 5.92. The molecular weight excluding hydrogens is 238 g/mol. The van der Waals surface area contributed by atoms with E-state index in [-0.39, 0.29) is 5.41 Å². The van der Waals surface area contributed by atoms with Crippen LogP contribution < -0.4 is 10.1 Å². The second kappa shape index (κ2) is 5.51. The molecule has 1 unspecified atom stereocenters. The maximum absolute atomic E-state index is 5.92. The van der Waals surface area contributed by atoms with E-state index in [0.717, 1.165) is 32.0 Å². The van der Waals surface area contributed by atoms with E-state index in [4.69, 9.17) is 9.47 Å². The van der Waals surface area contributed by atoms with Crippen LogP contribution in [0.15, 0.2) is 24.3 Å². The number of nitrogens with one attached hydrogen (secondary N) is 1. The van der Waals surface area contributed by atoms with Crippen molar-refractivity contribution in [2.45, 2.75) is 32.2 Å². The quantitative estimate of drug-likeness (QED) is 0.883. The van der Waals surface area contributed by atoms with Crippen LogP contribution in [-0.4, -0.2) is 32.4 Å². The van der Waals surface area contributed by atoms with E-state index in [2.05, 4.69) is 36.5 Å². The number of hydrogen-bond donors (Lipinski definition) is 1. The predicted octanol–water partition coefficient (Wildman–Crippen LogP) is 2.40. The van der Waals surface area contributed by atoms with Gasteiger partial charge in [0, 0.05) is 11.5 Å². The second-order valence-electron chi connectivity index (χ2n) is 6.24. The van der Waals surface area contributed by atoms with Crippen molar-refractivity contribution in [2.75, 3.05) is 26.4 Å². The number of hydrogen-bond acceptors (Lipinski definition) is 3. The van der Waals surface area contributed by atoms with Crippen molar-refractivity contribution in [3.8, 4) is 5.75 Å². The summed E-state index contributed by atoms with van der Waals surface area (Å²) in [6.07, 6.45) is 3.71. The van der Waals surface area contributed by atoms with Crippen molar-refractivity contribution in [2.24, 2.45) is 5.41 Å². The minimum atomic E-state index is 0.211. The molecule has 2 aliphatic rings. The lowest BCUT2D eigenvalue weighted by atomic mass is 9.90. The molecule has 2 aliphatic heterocycles. The van der Waals surface area contributed by atoms with Crippen LogP contribution in [0.3, 0.4) is 0 Å². The number of rotatable bonds is 5. The van der Waals surface area contributed by atoms with Gasteiger partial charge in [-0.1, -0.05) is 19.1 Å². The van der Waals surface area contributed by atoms with Crippen molar-refractivity contribution < 1.29 is 9.47 Å². The van der Waals surface area contributed by atoms with E-state index in [1.54, 1.807) is 0 Å². The monoisotopic (exact) mass is 261 g/mol. The summed E-state index contributed by atoms with van der Waals surface area (Å²) in [4.78, 5) is 0. The molecule has 0 spiro atoms. The van der Waals surface area contributed by atoms with E-state index < -0.39 is 0 Å². The van der Waals surface area contributed by atoms with Gasteiger partial charge in [-0.2, -0.15) is 0 Å². The minimum Gasteiger partial charge on any atom is -0.493 e. The Kier molecular flexibility index (Phi) is 3.76. The second-order valence-corrected chi connectivity index (χ2v) is 6.24. The minimum absolute atomic E-state index is 0.211. The van der Waals surface area contributed by atoms with Gasteiger partial charge in [0.25, 0.3) is 0 Å². The van der Waals surface area contributed by atoms with Gasteiger partial charge in [0.2, 0.25) is 0 Å². The lowest BCUT2D eigenvalue weighted by Crippen LogP contribution is -2.44. The first-order valence-electron chi connectivity index (χ1n) is 7.26. The summed E-state index contributed by atoms with van der Waals surface area (Å²) in [7, 11) is 0. The van der Waals surface area contributed by atoms with Gasteiger partial charge in [-0.05, 0) is 43.5 Å². The molecule has 2 fully saturated rings. The Bertz CT molecular complexity index is 423. The molecule has 1 aromatic carbocycles. The molecular formula is C16H23NO2. The average molecular weight is 261 g/mol. The van der Waals surface area contributed by atoms with Gasteiger partial charge >= 0.3 is 0 Å². The maximum Gasteiger partial charge on any atom is 0.119 e. The van der Waals surface area contributed by atoms with Crippen LogP contribution in [0, 0.1) is 5.41 Å². The van der Waals surface area contributed by atoms with Crippen LogP contribution in [0.5, 0.6) is 5.75 Å². The Balaban J connectivity index is 1.56. The summed E-state index contributed by atoms with van der Waals surface area (Å²) in [5.74, 6) is 0.989. The first kappa shape index (κ1) is 12.9. The molecule has 3 rings (SSSR count). The lowest BCUT2D eigenvalue weighted by Gasteiger charge is -2.37. The Labute approximate surface area is 115 Å². The normalized spacial score (nSPS) is 25.0. The fraction of sp³-hybridized carbons (Fsp3) is 0.625. The van der Waals surface area contributed by atoms with Crippen molar-refractivity contribution in [3.05, 3.63) is 29.8 Å². The highest BCUT2D eigenvalue weighted by atomic mass is 16.5. The summed E-state index contributed by atoms with van der Waals surface area (Å²) >= 11 is 0. The van der Waals surface area contributed by atoms with Crippen LogP contribution in [0.25, 0.3) is 0 Å². The van der Waals surface area contributed by atoms with Gasteiger partial charge in [0.05, 0.1) is 19.8 Å². The van der Waals surface area contributed by atoms with E-state index in [1.807, 2.05) is 0 Å². The lowest BCUT2D eigenvalue weighted by molar-refractivity contribution is -0.120. The zero-order valence-corrected chi connectivity index (χ0v) is 11.7. The summed E-state index contributed by atoms with van der Waals surface area (Å²) in [5.41, 5.74) is 1.58. The molecule has 0 aromatic heterocycles. The first-order valence-corrected chi connectivity index (χ1v) is 7.26. The molecule has 3 heteroatoms. The molecule has 19 heavy (non-hydrogen) atoms. The highest BCUT2D eigenvalue weighted by Gasteiger charge is 2.34. The Morgan fingerprint density at radius 1 is 1.42 bits per heavy atom. The third kappa shape index (κ3) is 3.28. The highest BCUT2D eigenvalue weighted by Crippen LogP contribution is 2.28. The van der Waals surface area contributed by atoms with Gasteiger partial charge in [-0.25, -0.2) is 0 Å². The molecule has 1 aromatic rings. The third-order valence-corrected chi connectivity index (χ3v) is 4.03. The van der Waals surface area contributed by atoms with Crippen LogP contribution in [0.4, 0.5) is 0 Å². The van der Waals surface area contributed by atoms with Gasteiger partial charge in [-0.3, -0.25) is 0 Å². The molecule has 3 nitrogen and oxygen atoms in total. The standard InChI is InChI=1S/C16H23NO2/c1-16(10-18-11-16)12-19-15-6-2-4-13(9-15)8-14-5-3-7-17-14/h2,4,6,9,14,17H,3,5,7-8,10-12H2,1H3. The van der Waals surface area contributed by atoms with Crippen LogP contribution in [0.1, 0.15) is 25.3 Å². The Morgan fingerprint density at radius 3 is 3.00 bits per heavy atom. The van der Waals surface area contributed by atoms with Crippen molar-refractivity contribution in [1.82, 2.24) is 5.32 Å². The number of ether oxygens (including phenoxy) is 2. The molecule has 0 saturated carbocycles. The highest BCUT2D eigenvalue weighted by molar-refractivity contribution is 5.29. The first-order chi connectivity index (χ1) is 9.23. The number of benzene rings is 1. The Hall–Kier alpha value is -1.06. The van der Waals surface area contributed by atoms with E-state index >= 15 is 0 Å². The molecule has 2 saturated heterocycles. The molecule has 1 atom stereocenters. The van der Waals surface area contributed by atoms with Gasteiger partial charge in [0.15, 0.2) is 0 Å². The van der Waals surface area contributed by atoms with Crippen molar-refractivity contribution in [3.63, 3.8) is 0 Å². The summed E-state index contributed by atoms with van der Waals surface area (Å²) in [5, 5.41) is 3.54. The third-order valence-electron chi connectivity index (χ3n) is 4.03. The molecule has 0 radical (unpaired) electrons. The molecule has 104 valence electrons. The average Bonchev–Trinajstić information content (AvgIpc) is 2.87. The van der Waals surface area contributed by atoms with E-state index in [9.17, 15) is 0 Å². The summed E-state index contributed by atoms with van der Waals surface area (Å²) < 4.78 is 11.2. The molecule has 2 heterocycles. The fourth-order valence-electron chi connectivity index (χ4n) is 2.77. The zero-order chi connectivity index (χ0) is 13.1. The molecule has 0 amide bonds. The summed E-state index contributed by atoms with van der Waals surface area (Å²) in [6.45, 7) is 5.76. The molecule has 0 aliphatic carbocycles. The summed E-state index contributed by atoms with van der Waals surface area (Å²) in [6, 6.07) is 9.17. The van der Waals surface area contributed by atoms with Gasteiger partial charge in [0.1, 0.15) is 5.75 Å². The van der Waals surface area contributed by atoms with Crippen LogP contribution >= 0.6 is 0 Å². The van der Waals surface area contributed by atoms with E-state index in [0.29, 0.717) is 6.04 Å². The molecule has 0 bridgehead atoms. The zero-order valence-electron chi connectivity index (χ0n) is 11.7. The SMILES string of the molecule is CC1(COc2cccc(CC3CCCN3)c2)COC1. The van der Waals surface area contributed by atoms with Gasteiger partial charge in [-0.15, -0.1) is 0 Å². The van der Waals surface area contributed by atoms with Crippen molar-refractivity contribution >= 4 is 0 Å². The largest absolute Gasteiger partial charge is 0.493 e. The Morgan fingerprint density at radius 2 is 2.32 bits per heavy atom. The van der Waals surface area contributed by atoms with Crippen LogP contribution in [-0.2, 0) is 11.2 Å². The van der Waals surface area contributed by atoms with Crippen LogP contribution in [0.2, 0.25) is 0 Å². The smallest absolute Gasteiger partial charge is 0.119 e. The predicted molar refractivity (Wildman–Crippen MR) is 75.6 cm³/mol. The topological polar surface area (TPSA) is 30.5 Å². The fourth-order valence-corrected chi connectivity index (χ4v) is 2.77. The van der Waals surface area contributed by atoms with Crippen molar-refractivity contribution in [1.29, 1.82) is 0 Å². The van der Waals surface area contributed by atoms with E-state index in [1.165, 1.54) is 24.9 Å².